The van der Waals surface area contributed by atoms with Crippen LogP contribution < -0.4 is 10.5 Å². The monoisotopic (exact) mass is 233 g/mol. The Hall–Kier alpha value is -1.48. The third kappa shape index (κ3) is 2.19. The Bertz CT molecular complexity index is 477. The van der Waals surface area contributed by atoms with Crippen LogP contribution in [0.4, 0.5) is 5.69 Å². The molecular weight excluding hydrogens is 218 g/mol. The number of nitrogens with two attached hydrogens (primary N) is 1. The molecule has 0 saturated heterocycles. The van der Waals surface area contributed by atoms with Crippen LogP contribution in [-0.2, 0) is 6.61 Å². The van der Waals surface area contributed by atoms with E-state index in [0.29, 0.717) is 6.61 Å². The number of thiophene rings is 1. The summed E-state index contributed by atoms with van der Waals surface area (Å²) < 4.78 is 5.82. The summed E-state index contributed by atoms with van der Waals surface area (Å²) in [5.41, 5.74) is 9.99. The van der Waals surface area contributed by atoms with Crippen LogP contribution in [0.5, 0.6) is 5.75 Å². The van der Waals surface area contributed by atoms with Gasteiger partial charge in [0.25, 0.3) is 0 Å². The van der Waals surface area contributed by atoms with E-state index >= 15 is 0 Å². The summed E-state index contributed by atoms with van der Waals surface area (Å²) in [6, 6.07) is 5.98. The molecule has 84 valence electrons. The van der Waals surface area contributed by atoms with Crippen molar-refractivity contribution in [3.8, 4) is 5.75 Å². The molecule has 0 aliphatic carbocycles. The maximum Gasteiger partial charge on any atom is 0.127 e. The fourth-order valence-electron chi connectivity index (χ4n) is 1.59. The van der Waals surface area contributed by atoms with E-state index in [2.05, 4.69) is 16.8 Å². The predicted molar refractivity (Wildman–Crippen MR) is 69.0 cm³/mol. The van der Waals surface area contributed by atoms with Gasteiger partial charge in [-0.25, -0.2) is 0 Å². The second kappa shape index (κ2) is 4.58. The molecule has 2 aromatic rings. The normalized spacial score (nSPS) is 10.4. The molecule has 0 spiro atoms. The van der Waals surface area contributed by atoms with Gasteiger partial charge in [-0.1, -0.05) is 6.07 Å². The first-order chi connectivity index (χ1) is 7.68. The Morgan fingerprint density at radius 2 is 2.06 bits per heavy atom. The van der Waals surface area contributed by atoms with Crippen molar-refractivity contribution in [2.75, 3.05) is 5.73 Å². The van der Waals surface area contributed by atoms with Crippen molar-refractivity contribution >= 4 is 17.0 Å². The van der Waals surface area contributed by atoms with Gasteiger partial charge in [-0.3, -0.25) is 0 Å². The smallest absolute Gasteiger partial charge is 0.127 e. The number of hydrogen-bond acceptors (Lipinski definition) is 3. The van der Waals surface area contributed by atoms with Gasteiger partial charge in [-0.2, -0.15) is 11.3 Å². The van der Waals surface area contributed by atoms with E-state index in [4.69, 9.17) is 10.5 Å². The van der Waals surface area contributed by atoms with E-state index < -0.39 is 0 Å². The SMILES string of the molecule is Cc1ccc(N)c(C)c1OCc1ccsc1. The zero-order chi connectivity index (χ0) is 11.5. The molecular formula is C13H15NOS. The molecule has 16 heavy (non-hydrogen) atoms. The maximum atomic E-state index is 5.86. The number of ether oxygens (including phenoxy) is 1. The largest absolute Gasteiger partial charge is 0.488 e. The highest BCUT2D eigenvalue weighted by Crippen LogP contribution is 2.28. The number of aryl methyl sites for hydroxylation is 1. The van der Waals surface area contributed by atoms with Crippen LogP contribution in [0, 0.1) is 13.8 Å². The molecule has 0 amide bonds. The van der Waals surface area contributed by atoms with E-state index in [1.54, 1.807) is 11.3 Å². The molecule has 0 aliphatic heterocycles. The lowest BCUT2D eigenvalue weighted by molar-refractivity contribution is 0.302. The van der Waals surface area contributed by atoms with Crippen LogP contribution >= 0.6 is 11.3 Å². The second-order valence-electron chi connectivity index (χ2n) is 3.85. The van der Waals surface area contributed by atoms with Crippen LogP contribution in [0.25, 0.3) is 0 Å². The molecule has 3 heteroatoms. The zero-order valence-corrected chi connectivity index (χ0v) is 10.3. The van der Waals surface area contributed by atoms with Crippen LogP contribution in [0.2, 0.25) is 0 Å². The lowest BCUT2D eigenvalue weighted by Gasteiger charge is -2.13. The first kappa shape index (κ1) is 11.0. The van der Waals surface area contributed by atoms with Gasteiger partial charge in [0.2, 0.25) is 0 Å². The van der Waals surface area contributed by atoms with Crippen molar-refractivity contribution in [3.63, 3.8) is 0 Å². The molecule has 1 heterocycles. The number of anilines is 1. The van der Waals surface area contributed by atoms with Crippen molar-refractivity contribution in [2.24, 2.45) is 0 Å². The third-order valence-corrected chi connectivity index (χ3v) is 3.34. The van der Waals surface area contributed by atoms with Crippen molar-refractivity contribution in [3.05, 3.63) is 45.6 Å². The molecule has 0 saturated carbocycles. The van der Waals surface area contributed by atoms with Crippen LogP contribution in [0.3, 0.4) is 0 Å². The Morgan fingerprint density at radius 3 is 2.75 bits per heavy atom. The molecule has 2 nitrogen and oxygen atoms in total. The Kier molecular flexibility index (Phi) is 3.15. The summed E-state index contributed by atoms with van der Waals surface area (Å²) in [7, 11) is 0. The molecule has 0 aliphatic rings. The minimum Gasteiger partial charge on any atom is -0.488 e. The molecule has 0 fully saturated rings. The van der Waals surface area contributed by atoms with Gasteiger partial charge in [-0.15, -0.1) is 0 Å². The van der Waals surface area contributed by atoms with Gasteiger partial charge in [0.05, 0.1) is 0 Å². The Balaban J connectivity index is 2.18. The molecule has 0 atom stereocenters. The minimum absolute atomic E-state index is 0.606. The average molecular weight is 233 g/mol. The van der Waals surface area contributed by atoms with Gasteiger partial charge in [0.15, 0.2) is 0 Å². The molecule has 1 aromatic carbocycles. The van der Waals surface area contributed by atoms with Gasteiger partial charge in [0, 0.05) is 11.3 Å². The van der Waals surface area contributed by atoms with Crippen molar-refractivity contribution in [1.82, 2.24) is 0 Å². The summed E-state index contributed by atoms with van der Waals surface area (Å²) in [5.74, 6) is 0.909. The second-order valence-corrected chi connectivity index (χ2v) is 4.63. The Labute approximate surface area is 99.7 Å². The first-order valence-electron chi connectivity index (χ1n) is 5.18. The number of rotatable bonds is 3. The number of nitrogen functional groups attached to an aromatic ring is 1. The fraction of sp³-hybridized carbons (Fsp3) is 0.231. The number of hydrogen-bond donors (Lipinski definition) is 1. The Morgan fingerprint density at radius 1 is 1.25 bits per heavy atom. The van der Waals surface area contributed by atoms with Gasteiger partial charge in [0.1, 0.15) is 12.4 Å². The first-order valence-corrected chi connectivity index (χ1v) is 6.12. The number of benzene rings is 1. The third-order valence-electron chi connectivity index (χ3n) is 2.61. The highest BCUT2D eigenvalue weighted by molar-refractivity contribution is 7.07. The van der Waals surface area contributed by atoms with Crippen molar-refractivity contribution in [1.29, 1.82) is 0 Å². The predicted octanol–water partition coefficient (Wildman–Crippen LogP) is 3.53. The van der Waals surface area contributed by atoms with E-state index in [1.807, 2.05) is 26.0 Å². The molecule has 2 rings (SSSR count). The van der Waals surface area contributed by atoms with Crippen LogP contribution in [0.1, 0.15) is 16.7 Å². The summed E-state index contributed by atoms with van der Waals surface area (Å²) in [6.45, 7) is 4.63. The quantitative estimate of drug-likeness (QED) is 0.823. The standard InChI is InChI=1S/C13H15NOS/c1-9-3-4-12(14)10(2)13(9)15-7-11-5-6-16-8-11/h3-6,8H,7,14H2,1-2H3. The molecule has 0 bridgehead atoms. The molecule has 2 N–H and O–H groups in total. The highest BCUT2D eigenvalue weighted by atomic mass is 32.1. The van der Waals surface area contributed by atoms with Gasteiger partial charge < -0.3 is 10.5 Å². The fourth-order valence-corrected chi connectivity index (χ4v) is 2.25. The zero-order valence-electron chi connectivity index (χ0n) is 9.49. The lowest BCUT2D eigenvalue weighted by atomic mass is 10.1. The van der Waals surface area contributed by atoms with E-state index in [1.165, 1.54) is 5.56 Å². The summed E-state index contributed by atoms with van der Waals surface area (Å²) in [5, 5.41) is 4.15. The van der Waals surface area contributed by atoms with Crippen LogP contribution in [0.15, 0.2) is 29.0 Å². The summed E-state index contributed by atoms with van der Waals surface area (Å²) in [6.07, 6.45) is 0. The summed E-state index contributed by atoms with van der Waals surface area (Å²) in [4.78, 5) is 0. The van der Waals surface area contributed by atoms with Gasteiger partial charge in [-0.05, 0) is 47.9 Å². The van der Waals surface area contributed by atoms with E-state index in [-0.39, 0.29) is 0 Å². The summed E-state index contributed by atoms with van der Waals surface area (Å²) >= 11 is 1.68. The lowest BCUT2D eigenvalue weighted by Crippen LogP contribution is -2.00. The van der Waals surface area contributed by atoms with Crippen molar-refractivity contribution < 1.29 is 4.74 Å². The molecule has 0 radical (unpaired) electrons. The van der Waals surface area contributed by atoms with Crippen LogP contribution in [-0.4, -0.2) is 0 Å². The van der Waals surface area contributed by atoms with E-state index in [0.717, 1.165) is 22.6 Å². The van der Waals surface area contributed by atoms with Crippen molar-refractivity contribution in [2.45, 2.75) is 20.5 Å². The van der Waals surface area contributed by atoms with E-state index in [9.17, 15) is 0 Å². The highest BCUT2D eigenvalue weighted by Gasteiger charge is 2.07. The maximum absolute atomic E-state index is 5.86. The van der Waals surface area contributed by atoms with Gasteiger partial charge >= 0.3 is 0 Å². The molecule has 0 unspecified atom stereocenters. The minimum atomic E-state index is 0.606. The molecule has 1 aromatic heterocycles. The topological polar surface area (TPSA) is 35.2 Å². The average Bonchev–Trinajstić information content (AvgIpc) is 2.77.